The molecule has 3 aromatic carbocycles. The highest BCUT2D eigenvalue weighted by molar-refractivity contribution is 6.42. The summed E-state index contributed by atoms with van der Waals surface area (Å²) in [5.41, 5.74) is 3.03. The topological polar surface area (TPSA) is 21.1 Å². The summed E-state index contributed by atoms with van der Waals surface area (Å²) >= 11 is 13.2. The number of hydrogen-bond acceptors (Lipinski definition) is 2. The van der Waals surface area contributed by atoms with Crippen LogP contribution in [0.15, 0.2) is 97.6 Å². The Balaban J connectivity index is 1.95. The molecule has 170 valence electrons. The average molecular weight is 478 g/mol. The first-order valence-corrected chi connectivity index (χ1v) is 12.2. The van der Waals surface area contributed by atoms with Crippen LogP contribution in [-0.2, 0) is 18.6 Å². The molecule has 0 N–H and O–H groups in total. The fourth-order valence-electron chi connectivity index (χ4n) is 4.53. The Hall–Kier alpha value is -2.59. The van der Waals surface area contributed by atoms with E-state index in [0.717, 1.165) is 24.9 Å². The third-order valence-electron chi connectivity index (χ3n) is 6.20. The molecule has 4 rings (SSSR count). The predicted octanol–water partition coefficient (Wildman–Crippen LogP) is 7.44. The van der Waals surface area contributed by atoms with Gasteiger partial charge in [-0.25, -0.2) is 4.98 Å². The second kappa shape index (κ2) is 11.0. The van der Waals surface area contributed by atoms with Crippen molar-refractivity contribution in [2.45, 2.75) is 38.4 Å². The second-order valence-corrected chi connectivity index (χ2v) is 9.10. The molecule has 0 fully saturated rings. The smallest absolute Gasteiger partial charge is 0.0956 e. The molecule has 0 aliphatic carbocycles. The standard InChI is InChI=1S/C28H29Cl2N3/c1-2-3-18-33(22-32-19-17-31-21-32)28(24-12-6-4-7-13-24,25-14-8-5-9-15-25)20-23-11-10-16-26(29)27(23)30/h4-17,19,21H,2-3,18,20,22H2,1H3. The van der Waals surface area contributed by atoms with Crippen LogP contribution in [0, 0.1) is 0 Å². The molecule has 5 heteroatoms. The Bertz CT molecular complexity index is 1090. The fraction of sp³-hybridized carbons (Fsp3) is 0.250. The van der Waals surface area contributed by atoms with Crippen molar-refractivity contribution in [3.05, 3.63) is 124 Å². The Kier molecular flexibility index (Phi) is 7.87. The molecule has 0 saturated heterocycles. The van der Waals surface area contributed by atoms with Gasteiger partial charge in [0.25, 0.3) is 0 Å². The molecule has 0 atom stereocenters. The average Bonchev–Trinajstić information content (AvgIpc) is 3.37. The molecular formula is C28H29Cl2N3. The number of aromatic nitrogens is 2. The second-order valence-electron chi connectivity index (χ2n) is 8.32. The molecule has 0 saturated carbocycles. The summed E-state index contributed by atoms with van der Waals surface area (Å²) in [7, 11) is 0. The van der Waals surface area contributed by atoms with Crippen molar-refractivity contribution in [1.29, 1.82) is 0 Å². The lowest BCUT2D eigenvalue weighted by Gasteiger charge is -2.46. The maximum absolute atomic E-state index is 6.76. The Morgan fingerprint density at radius 2 is 1.55 bits per heavy atom. The highest BCUT2D eigenvalue weighted by Crippen LogP contribution is 2.42. The van der Waals surface area contributed by atoms with Gasteiger partial charge in [-0.05, 0) is 29.2 Å². The number of benzene rings is 3. The van der Waals surface area contributed by atoms with Crippen LogP contribution < -0.4 is 0 Å². The quantitative estimate of drug-likeness (QED) is 0.236. The fourth-order valence-corrected chi connectivity index (χ4v) is 4.92. The van der Waals surface area contributed by atoms with E-state index in [1.807, 2.05) is 30.9 Å². The Morgan fingerprint density at radius 1 is 0.879 bits per heavy atom. The zero-order valence-electron chi connectivity index (χ0n) is 18.9. The van der Waals surface area contributed by atoms with Crippen LogP contribution >= 0.6 is 23.2 Å². The normalized spacial score (nSPS) is 11.8. The van der Waals surface area contributed by atoms with Crippen LogP contribution in [0.5, 0.6) is 0 Å². The van der Waals surface area contributed by atoms with Gasteiger partial charge in [0, 0.05) is 25.4 Å². The van der Waals surface area contributed by atoms with E-state index in [4.69, 9.17) is 23.2 Å². The summed E-state index contributed by atoms with van der Waals surface area (Å²) in [6, 6.07) is 27.4. The maximum atomic E-state index is 6.76. The van der Waals surface area contributed by atoms with E-state index < -0.39 is 5.54 Å². The Morgan fingerprint density at radius 3 is 2.12 bits per heavy atom. The number of hydrogen-bond donors (Lipinski definition) is 0. The molecule has 33 heavy (non-hydrogen) atoms. The highest BCUT2D eigenvalue weighted by Gasteiger charge is 2.41. The van der Waals surface area contributed by atoms with E-state index in [2.05, 4.69) is 88.1 Å². The van der Waals surface area contributed by atoms with Gasteiger partial charge in [-0.15, -0.1) is 0 Å². The SMILES string of the molecule is CCCCN(Cn1ccnc1)C(Cc1cccc(Cl)c1Cl)(c1ccccc1)c1ccccc1. The minimum atomic E-state index is -0.448. The molecule has 0 unspecified atom stereocenters. The molecule has 0 amide bonds. The van der Waals surface area contributed by atoms with Gasteiger partial charge in [0.2, 0.25) is 0 Å². The van der Waals surface area contributed by atoms with Gasteiger partial charge in [0.15, 0.2) is 0 Å². The molecule has 0 aliphatic heterocycles. The molecule has 1 aromatic heterocycles. The van der Waals surface area contributed by atoms with Crippen molar-refractivity contribution >= 4 is 23.2 Å². The van der Waals surface area contributed by atoms with Crippen LogP contribution in [0.4, 0.5) is 0 Å². The van der Waals surface area contributed by atoms with Gasteiger partial charge in [-0.1, -0.05) is 109 Å². The van der Waals surface area contributed by atoms with Crippen molar-refractivity contribution < 1.29 is 0 Å². The summed E-state index contributed by atoms with van der Waals surface area (Å²) in [4.78, 5) is 6.85. The predicted molar refractivity (Wildman–Crippen MR) is 138 cm³/mol. The number of halogens is 2. The lowest BCUT2D eigenvalue weighted by molar-refractivity contribution is 0.0814. The largest absolute Gasteiger partial charge is 0.324 e. The summed E-state index contributed by atoms with van der Waals surface area (Å²) < 4.78 is 2.13. The summed E-state index contributed by atoms with van der Waals surface area (Å²) in [6.45, 7) is 3.87. The minimum absolute atomic E-state index is 0.448. The third-order valence-corrected chi connectivity index (χ3v) is 7.05. The van der Waals surface area contributed by atoms with E-state index in [1.54, 1.807) is 0 Å². The van der Waals surface area contributed by atoms with Gasteiger partial charge < -0.3 is 4.57 Å². The monoisotopic (exact) mass is 477 g/mol. The van der Waals surface area contributed by atoms with Crippen molar-refractivity contribution in [3.63, 3.8) is 0 Å². The van der Waals surface area contributed by atoms with Crippen molar-refractivity contribution in [3.8, 4) is 0 Å². The molecule has 1 heterocycles. The summed E-state index contributed by atoms with van der Waals surface area (Å²) in [6.07, 6.45) is 8.62. The van der Waals surface area contributed by atoms with Gasteiger partial charge in [-0.2, -0.15) is 0 Å². The van der Waals surface area contributed by atoms with Crippen LogP contribution in [0.2, 0.25) is 10.0 Å². The van der Waals surface area contributed by atoms with E-state index in [9.17, 15) is 0 Å². The maximum Gasteiger partial charge on any atom is 0.0956 e. The highest BCUT2D eigenvalue weighted by atomic mass is 35.5. The van der Waals surface area contributed by atoms with Gasteiger partial charge in [0.05, 0.1) is 28.6 Å². The molecule has 0 spiro atoms. The van der Waals surface area contributed by atoms with Crippen LogP contribution in [0.3, 0.4) is 0 Å². The van der Waals surface area contributed by atoms with E-state index in [0.29, 0.717) is 23.1 Å². The van der Waals surface area contributed by atoms with E-state index >= 15 is 0 Å². The van der Waals surface area contributed by atoms with E-state index in [-0.39, 0.29) is 0 Å². The Labute approximate surface area is 206 Å². The number of nitrogens with zero attached hydrogens (tertiary/aromatic N) is 3. The van der Waals surface area contributed by atoms with E-state index in [1.165, 1.54) is 11.1 Å². The number of imidazole rings is 1. The van der Waals surface area contributed by atoms with Crippen molar-refractivity contribution in [1.82, 2.24) is 14.5 Å². The zero-order chi connectivity index (χ0) is 23.1. The summed E-state index contributed by atoms with van der Waals surface area (Å²) in [5.74, 6) is 0. The van der Waals surface area contributed by atoms with Gasteiger partial charge >= 0.3 is 0 Å². The number of rotatable bonds is 10. The molecule has 0 bridgehead atoms. The van der Waals surface area contributed by atoms with Crippen molar-refractivity contribution in [2.75, 3.05) is 6.54 Å². The van der Waals surface area contributed by atoms with Gasteiger partial charge in [-0.3, -0.25) is 4.90 Å². The first-order chi connectivity index (χ1) is 16.1. The lowest BCUT2D eigenvalue weighted by atomic mass is 9.76. The van der Waals surface area contributed by atoms with Crippen molar-refractivity contribution in [2.24, 2.45) is 0 Å². The molecule has 0 aliphatic rings. The third kappa shape index (κ3) is 5.16. The van der Waals surface area contributed by atoms with Gasteiger partial charge in [0.1, 0.15) is 0 Å². The summed E-state index contributed by atoms with van der Waals surface area (Å²) in [5, 5.41) is 1.20. The van der Waals surface area contributed by atoms with Crippen LogP contribution in [-0.4, -0.2) is 21.0 Å². The van der Waals surface area contributed by atoms with Crippen LogP contribution in [0.1, 0.15) is 36.5 Å². The van der Waals surface area contributed by atoms with Crippen LogP contribution in [0.25, 0.3) is 0 Å². The first kappa shape index (κ1) is 23.6. The molecule has 3 nitrogen and oxygen atoms in total. The first-order valence-electron chi connectivity index (χ1n) is 11.4. The lowest BCUT2D eigenvalue weighted by Crippen LogP contribution is -2.50. The molecule has 4 aromatic rings. The number of unbranched alkanes of at least 4 members (excludes halogenated alkanes) is 1. The molecule has 0 radical (unpaired) electrons. The minimum Gasteiger partial charge on any atom is -0.324 e. The molecular weight excluding hydrogens is 449 g/mol. The zero-order valence-corrected chi connectivity index (χ0v) is 20.4.